The van der Waals surface area contributed by atoms with Crippen molar-refractivity contribution in [2.75, 3.05) is 65.3 Å². The second-order valence-electron chi connectivity index (χ2n) is 7.67. The van der Waals surface area contributed by atoms with Gasteiger partial charge in [0, 0.05) is 44.6 Å². The van der Waals surface area contributed by atoms with Crippen LogP contribution in [-0.2, 0) is 33.5 Å². The first kappa shape index (κ1) is 34.2. The van der Waals surface area contributed by atoms with E-state index in [1.165, 1.54) is 0 Å². The molecule has 4 amide bonds. The first-order chi connectivity index (χ1) is 17.6. The first-order valence-corrected chi connectivity index (χ1v) is 12.7. The van der Waals surface area contributed by atoms with Crippen molar-refractivity contribution in [2.24, 2.45) is 5.73 Å². The largest absolute Gasteiger partial charge is 0.480 e. The molecule has 0 aliphatic carbocycles. The highest BCUT2D eigenvalue weighted by Gasteiger charge is 2.26. The molecule has 2 atom stereocenters. The van der Waals surface area contributed by atoms with Crippen LogP contribution in [0.25, 0.3) is 0 Å². The second kappa shape index (κ2) is 21.3. The summed E-state index contributed by atoms with van der Waals surface area (Å²) in [7, 11) is 1.67. The lowest BCUT2D eigenvalue weighted by Gasteiger charge is -2.18. The molecule has 0 saturated carbocycles. The van der Waals surface area contributed by atoms with Crippen molar-refractivity contribution in [3.63, 3.8) is 0 Å². The Morgan fingerprint density at radius 2 is 1.62 bits per heavy atom. The number of carboxylic acids is 1. The van der Waals surface area contributed by atoms with Crippen LogP contribution in [0, 0.1) is 0 Å². The predicted molar refractivity (Wildman–Crippen MR) is 135 cm³/mol. The van der Waals surface area contributed by atoms with Crippen molar-refractivity contribution in [1.29, 1.82) is 0 Å². The third-order valence-electron chi connectivity index (χ3n) is 4.49. The maximum absolute atomic E-state index is 12.1. The number of likely N-dealkylation sites (N-methyl/N-ethyl adjacent to an activating group) is 1. The van der Waals surface area contributed by atoms with Crippen LogP contribution in [0.5, 0.6) is 0 Å². The summed E-state index contributed by atoms with van der Waals surface area (Å²) in [6.45, 7) is 1.07. The highest BCUT2D eigenvalue weighted by Crippen LogP contribution is 2.16. The quantitative estimate of drug-likeness (QED) is 0.0567. The number of carboxylic acid groups (broad SMARTS) is 1. The molecule has 0 aromatic rings. The lowest BCUT2D eigenvalue weighted by atomic mass is 10.3. The van der Waals surface area contributed by atoms with Crippen LogP contribution in [0.3, 0.4) is 0 Å². The molecule has 2 unspecified atom stereocenters. The van der Waals surface area contributed by atoms with E-state index in [2.05, 4.69) is 26.6 Å². The molecule has 0 fully saturated rings. The van der Waals surface area contributed by atoms with E-state index in [4.69, 9.17) is 15.6 Å². The smallest absolute Gasteiger partial charge is 0.317 e. The van der Waals surface area contributed by atoms with Crippen LogP contribution >= 0.6 is 11.8 Å². The van der Waals surface area contributed by atoms with Crippen LogP contribution < -0.4 is 32.3 Å². The number of hydrogen-bond acceptors (Lipinski definition) is 11. The number of aliphatic hydroxyl groups is 1. The maximum atomic E-state index is 12.1. The number of nitrogens with one attached hydrogen (secondary N) is 5. The van der Waals surface area contributed by atoms with Crippen molar-refractivity contribution < 1.29 is 43.7 Å². The summed E-state index contributed by atoms with van der Waals surface area (Å²) in [4.78, 5) is 70.1. The van der Waals surface area contributed by atoms with E-state index >= 15 is 0 Å². The molecule has 15 nitrogen and oxygen atoms in total. The van der Waals surface area contributed by atoms with Gasteiger partial charge in [0.1, 0.15) is 11.3 Å². The summed E-state index contributed by atoms with van der Waals surface area (Å²) in [5, 5.41) is 29.7. The third kappa shape index (κ3) is 19.0. The first-order valence-electron chi connectivity index (χ1n) is 11.6. The summed E-state index contributed by atoms with van der Waals surface area (Å²) in [6, 6.07) is -1.16. The van der Waals surface area contributed by atoms with Crippen LogP contribution in [-0.4, -0.2) is 122 Å². The zero-order valence-corrected chi connectivity index (χ0v) is 21.7. The van der Waals surface area contributed by atoms with E-state index in [9.17, 15) is 33.9 Å². The molecule has 0 aromatic carbocycles. The molecule has 9 N–H and O–H groups in total. The minimum Gasteiger partial charge on any atom is -0.480 e. The Bertz CT molecular complexity index is 756. The number of ether oxygens (including phenoxy) is 1. The number of ketones is 1. The molecule has 212 valence electrons. The fraction of sp³-hybridized carbons (Fsp3) is 0.714. The Morgan fingerprint density at radius 1 is 0.919 bits per heavy atom. The van der Waals surface area contributed by atoms with Gasteiger partial charge in [-0.15, -0.1) is 11.8 Å². The summed E-state index contributed by atoms with van der Waals surface area (Å²) < 4.78 is 5.30. The molecule has 0 bridgehead atoms. The molecule has 0 aliphatic rings. The van der Waals surface area contributed by atoms with E-state index < -0.39 is 41.4 Å². The molecule has 0 aromatic heterocycles. The van der Waals surface area contributed by atoms with Gasteiger partial charge < -0.3 is 47.3 Å². The molecular formula is C21H38N6O9S. The number of primary amides is 1. The van der Waals surface area contributed by atoms with E-state index in [-0.39, 0.29) is 76.3 Å². The number of rotatable bonds is 23. The Labute approximate surface area is 219 Å². The van der Waals surface area contributed by atoms with Gasteiger partial charge in [-0.25, -0.2) is 0 Å². The van der Waals surface area contributed by atoms with E-state index in [1.807, 2.05) is 0 Å². The van der Waals surface area contributed by atoms with Gasteiger partial charge in [0.2, 0.25) is 23.6 Å². The van der Waals surface area contributed by atoms with Gasteiger partial charge in [-0.1, -0.05) is 0 Å². The van der Waals surface area contributed by atoms with Crippen molar-refractivity contribution in [1.82, 2.24) is 26.6 Å². The Balaban J connectivity index is 4.34. The number of aliphatic carboxylic acids is 1. The summed E-state index contributed by atoms with van der Waals surface area (Å²) in [5.74, 6) is -3.82. The molecular weight excluding hydrogens is 512 g/mol. The Kier molecular flexibility index (Phi) is 19.7. The Morgan fingerprint density at radius 3 is 2.24 bits per heavy atom. The number of hydrogen-bond donors (Lipinski definition) is 8. The van der Waals surface area contributed by atoms with E-state index in [0.717, 1.165) is 11.8 Å². The zero-order valence-electron chi connectivity index (χ0n) is 20.9. The maximum Gasteiger partial charge on any atom is 0.317 e. The SMILES string of the molecule is CNCC(=O)CNCCOCCC(=O)NC(CSC(CC(=O)NCCC(=O)NCCO)C(=O)O)C(N)=O. The average molecular weight is 551 g/mol. The van der Waals surface area contributed by atoms with Gasteiger partial charge in [-0.05, 0) is 7.05 Å². The summed E-state index contributed by atoms with van der Waals surface area (Å²) in [6.07, 6.45) is -0.521. The number of carbonyl (C=O) groups excluding carboxylic acids is 5. The molecule has 0 rings (SSSR count). The van der Waals surface area contributed by atoms with Crippen LogP contribution in [0.15, 0.2) is 0 Å². The van der Waals surface area contributed by atoms with Crippen molar-refractivity contribution in [2.45, 2.75) is 30.6 Å². The van der Waals surface area contributed by atoms with Crippen molar-refractivity contribution in [3.8, 4) is 0 Å². The zero-order chi connectivity index (χ0) is 28.1. The van der Waals surface area contributed by atoms with Crippen molar-refractivity contribution >= 4 is 47.1 Å². The standard InChI is InChI=1S/C21H38N6O9S/c1-23-11-14(29)12-24-6-9-36-8-3-18(31)27-15(20(22)33)13-37-16(21(34)35)10-19(32)25-4-2-17(30)26-5-7-28/h15-16,23-24,28H,2-13H2,1H3,(H2,22,33)(H,25,32)(H,26,30)(H,27,31)(H,34,35). The Hall–Kier alpha value is -2.79. The monoisotopic (exact) mass is 550 g/mol. The van der Waals surface area contributed by atoms with Crippen LogP contribution in [0.4, 0.5) is 0 Å². The van der Waals surface area contributed by atoms with Gasteiger partial charge in [0.25, 0.3) is 0 Å². The van der Waals surface area contributed by atoms with Gasteiger partial charge >= 0.3 is 5.97 Å². The number of Topliss-reactive ketones (excluding diaryl/α,β-unsaturated/α-hetero) is 1. The molecule has 37 heavy (non-hydrogen) atoms. The number of thioether (sulfide) groups is 1. The fourth-order valence-electron chi connectivity index (χ4n) is 2.63. The number of aliphatic hydroxyl groups excluding tert-OH is 1. The van der Waals surface area contributed by atoms with Crippen LogP contribution in [0.1, 0.15) is 19.3 Å². The molecule has 0 heterocycles. The summed E-state index contributed by atoms with van der Waals surface area (Å²) in [5.41, 5.74) is 5.31. The average Bonchev–Trinajstić information content (AvgIpc) is 2.83. The number of nitrogens with two attached hydrogens (primary N) is 1. The second-order valence-corrected chi connectivity index (χ2v) is 8.90. The minimum atomic E-state index is -1.29. The van der Waals surface area contributed by atoms with Gasteiger partial charge in [0.15, 0.2) is 5.78 Å². The third-order valence-corrected chi connectivity index (χ3v) is 5.79. The fourth-order valence-corrected chi connectivity index (χ4v) is 3.71. The highest BCUT2D eigenvalue weighted by atomic mass is 32.2. The topological polar surface area (TPSA) is 238 Å². The highest BCUT2D eigenvalue weighted by molar-refractivity contribution is 8.00. The predicted octanol–water partition coefficient (Wildman–Crippen LogP) is -4.07. The molecule has 0 saturated heterocycles. The molecule has 0 spiro atoms. The van der Waals surface area contributed by atoms with Crippen LogP contribution in [0.2, 0.25) is 0 Å². The van der Waals surface area contributed by atoms with E-state index in [0.29, 0.717) is 6.54 Å². The van der Waals surface area contributed by atoms with Gasteiger partial charge in [-0.2, -0.15) is 0 Å². The molecule has 16 heteroatoms. The van der Waals surface area contributed by atoms with E-state index in [1.54, 1.807) is 7.05 Å². The number of carbonyl (C=O) groups is 6. The minimum absolute atomic E-state index is 0.00218. The lowest BCUT2D eigenvalue weighted by molar-refractivity contribution is -0.138. The molecule has 0 radical (unpaired) electrons. The number of amides is 4. The van der Waals surface area contributed by atoms with Gasteiger partial charge in [0.05, 0.1) is 32.9 Å². The lowest BCUT2D eigenvalue weighted by Crippen LogP contribution is -2.47. The molecule has 0 aliphatic heterocycles. The van der Waals surface area contributed by atoms with Gasteiger partial charge in [-0.3, -0.25) is 28.8 Å². The normalized spacial score (nSPS) is 12.3. The van der Waals surface area contributed by atoms with Crippen molar-refractivity contribution in [3.05, 3.63) is 0 Å². The summed E-state index contributed by atoms with van der Waals surface area (Å²) >= 11 is 0.776.